The number of hydrogen-bond acceptors (Lipinski definition) is 6. The van der Waals surface area contributed by atoms with Gasteiger partial charge in [0, 0.05) is 29.0 Å². The molecule has 0 spiro atoms. The molecule has 0 saturated carbocycles. The van der Waals surface area contributed by atoms with Crippen molar-refractivity contribution in [2.24, 2.45) is 0 Å². The maximum absolute atomic E-state index is 11.6. The molecule has 0 rings (SSSR count). The second-order valence-corrected chi connectivity index (χ2v) is 11.6. The summed E-state index contributed by atoms with van der Waals surface area (Å²) in [6, 6.07) is 0. The Morgan fingerprint density at radius 2 is 1.33 bits per heavy atom. The van der Waals surface area contributed by atoms with Gasteiger partial charge >= 0.3 is 5.97 Å². The first-order chi connectivity index (χ1) is 14.7. The van der Waals surface area contributed by atoms with Gasteiger partial charge in [-0.3, -0.25) is 0 Å². The van der Waals surface area contributed by atoms with Crippen molar-refractivity contribution in [3.63, 3.8) is 0 Å². The van der Waals surface area contributed by atoms with Crippen LogP contribution in [0.2, 0.25) is 0 Å². The van der Waals surface area contributed by atoms with Crippen LogP contribution in [0.3, 0.4) is 0 Å². The maximum atomic E-state index is 11.6. The zero-order chi connectivity index (χ0) is 26.3. The van der Waals surface area contributed by atoms with Gasteiger partial charge in [0.1, 0.15) is 59.0 Å². The minimum absolute atomic E-state index is 0.0399. The number of hydroxylamine groups is 10. The average Bonchev–Trinajstić information content (AvgIpc) is 2.60. The molecule has 0 aromatic carbocycles. The number of methoxy groups -OCH3 is 1. The molecule has 0 N–H and O–H groups in total. The molecule has 33 heavy (non-hydrogen) atoms. The summed E-state index contributed by atoms with van der Waals surface area (Å²) in [4.78, 5) is 24.6. The summed E-state index contributed by atoms with van der Waals surface area (Å²) >= 11 is 0. The first kappa shape index (κ1) is 31.9. The average molecular weight is 479 g/mol. The highest BCUT2D eigenvalue weighted by molar-refractivity contribution is 5.86. The van der Waals surface area contributed by atoms with E-state index in [2.05, 4.69) is 48.1 Å². The Morgan fingerprint density at radius 3 is 1.70 bits per heavy atom. The Labute approximate surface area is 202 Å². The molecule has 0 fully saturated rings. The minimum atomic E-state index is -0.432. The molecule has 0 aliphatic heterocycles. The molecule has 9 nitrogen and oxygen atoms in total. The molecule has 1 unspecified atom stereocenters. The molecule has 0 bridgehead atoms. The highest BCUT2D eigenvalue weighted by atomic mass is 17.1. The Kier molecular flexibility index (Phi) is 11.7. The number of carbonyl (C=O) groups is 1. The molecule has 0 heterocycles. The van der Waals surface area contributed by atoms with E-state index < -0.39 is 5.97 Å². The van der Waals surface area contributed by atoms with Gasteiger partial charge in [-0.15, -0.1) is 9.29 Å². The highest BCUT2D eigenvalue weighted by Gasteiger charge is 2.51. The van der Waals surface area contributed by atoms with Crippen LogP contribution in [0, 0.1) is 0 Å². The summed E-state index contributed by atoms with van der Waals surface area (Å²) in [5.41, 5.74) is 0.0621. The normalized spacial score (nSPS) is 14.8. The van der Waals surface area contributed by atoms with Gasteiger partial charge in [-0.1, -0.05) is 6.58 Å². The van der Waals surface area contributed by atoms with Crippen molar-refractivity contribution in [2.75, 3.05) is 68.7 Å². The fourth-order valence-corrected chi connectivity index (χ4v) is 2.35. The van der Waals surface area contributed by atoms with Gasteiger partial charge in [0.15, 0.2) is 6.54 Å². The Balaban J connectivity index is 5.08. The highest BCUT2D eigenvalue weighted by Crippen LogP contribution is 2.29. The van der Waals surface area contributed by atoms with Crippen LogP contribution in [0.25, 0.3) is 0 Å². The lowest BCUT2D eigenvalue weighted by molar-refractivity contribution is -1.49. The fourth-order valence-electron chi connectivity index (χ4n) is 2.35. The molecule has 0 aliphatic rings. The first-order valence-corrected chi connectivity index (χ1v) is 11.6. The third-order valence-electron chi connectivity index (χ3n) is 6.22. The van der Waals surface area contributed by atoms with Crippen molar-refractivity contribution in [3.8, 4) is 0 Å². The van der Waals surface area contributed by atoms with Crippen molar-refractivity contribution < 1.29 is 43.0 Å². The molecule has 0 amide bonds. The van der Waals surface area contributed by atoms with Gasteiger partial charge in [-0.05, 0) is 48.5 Å². The topological polar surface area (TPSA) is 63.2 Å². The van der Waals surface area contributed by atoms with E-state index >= 15 is 0 Å². The second-order valence-electron chi connectivity index (χ2n) is 11.6. The van der Waals surface area contributed by atoms with Gasteiger partial charge in [0.2, 0.25) is 0 Å². The Bertz CT molecular complexity index is 607. The predicted molar refractivity (Wildman–Crippen MR) is 129 cm³/mol. The molecule has 1 atom stereocenters. The lowest BCUT2D eigenvalue weighted by Gasteiger charge is -2.45. The van der Waals surface area contributed by atoms with Crippen molar-refractivity contribution in [3.05, 3.63) is 12.2 Å². The smallest absolute Gasteiger partial charge is 0.333 e. The van der Waals surface area contributed by atoms with E-state index in [1.807, 2.05) is 35.2 Å². The third kappa shape index (κ3) is 10.8. The summed E-state index contributed by atoms with van der Waals surface area (Å²) in [5, 5.41) is 0. The van der Waals surface area contributed by atoms with Crippen molar-refractivity contribution in [1.29, 1.82) is 0 Å². The number of carbonyl (C=O) groups excluding carboxylic acids is 1. The van der Waals surface area contributed by atoms with Crippen LogP contribution in [0.5, 0.6) is 0 Å². The van der Waals surface area contributed by atoms with E-state index in [0.29, 0.717) is 41.0 Å². The molecule has 0 aliphatic carbocycles. The van der Waals surface area contributed by atoms with E-state index in [1.165, 1.54) is 0 Å². The van der Waals surface area contributed by atoms with Crippen LogP contribution in [0.15, 0.2) is 12.2 Å². The fraction of sp³-hybridized carbons (Fsp3) is 0.875. The van der Waals surface area contributed by atoms with E-state index in [0.717, 1.165) is 0 Å². The first-order valence-electron chi connectivity index (χ1n) is 11.6. The third-order valence-corrected chi connectivity index (χ3v) is 6.22. The Morgan fingerprint density at radius 1 is 0.879 bits per heavy atom. The molecule has 0 saturated heterocycles. The summed E-state index contributed by atoms with van der Waals surface area (Å²) in [5.74, 6) is -0.432. The van der Waals surface area contributed by atoms with Gasteiger partial charge in [-0.2, -0.15) is 0 Å². The zero-order valence-corrected chi connectivity index (χ0v) is 23.6. The largest absolute Gasteiger partial charge is 0.459 e. The van der Waals surface area contributed by atoms with Gasteiger partial charge in [0.25, 0.3) is 0 Å². The zero-order valence-electron chi connectivity index (χ0n) is 23.6. The summed E-state index contributed by atoms with van der Waals surface area (Å²) < 4.78 is 16.9. The lowest BCUT2D eigenvalue weighted by Crippen LogP contribution is -2.68. The van der Waals surface area contributed by atoms with Crippen molar-refractivity contribution in [2.45, 2.75) is 72.1 Å². The van der Waals surface area contributed by atoms with Crippen LogP contribution >= 0.6 is 0 Å². The number of nitrogens with zero attached hydrogens (tertiary/aromatic N) is 3. The standard InChI is InChI=1S/C24H52N3O6/c1-20(2)22(28)31-19-21(29-14)18-30-17-15-16-27(13,32-25(9,10)23(3,4)5)33-26(11,12)24(6,7)8/h21H,1,15-19H2,2-14H3/q+3. The van der Waals surface area contributed by atoms with Gasteiger partial charge in [0.05, 0.1) is 18.0 Å². The van der Waals surface area contributed by atoms with Crippen LogP contribution in [0.4, 0.5) is 0 Å². The number of hydrogen-bond donors (Lipinski definition) is 0. The Hall–Kier alpha value is -1.07. The van der Waals surface area contributed by atoms with Gasteiger partial charge in [-0.25, -0.2) is 4.79 Å². The van der Waals surface area contributed by atoms with E-state index in [9.17, 15) is 4.79 Å². The van der Waals surface area contributed by atoms with Gasteiger partial charge < -0.3 is 14.2 Å². The number of quaternary nitrogens is 3. The SMILES string of the molecule is C=C(C)C(=O)OCC(COCCC[N+](C)(O[N+](C)(C)C(C)(C)C)O[N+](C)(C)C(C)(C)C)OC. The maximum Gasteiger partial charge on any atom is 0.333 e. The van der Waals surface area contributed by atoms with Crippen LogP contribution in [0.1, 0.15) is 54.9 Å². The van der Waals surface area contributed by atoms with E-state index in [4.69, 9.17) is 24.1 Å². The summed E-state index contributed by atoms with van der Waals surface area (Å²) in [6.07, 6.45) is 0.363. The molecule has 0 radical (unpaired) electrons. The molecular weight excluding hydrogens is 426 g/mol. The predicted octanol–water partition coefficient (Wildman–Crippen LogP) is 3.42. The molecule has 9 heteroatoms. The number of ether oxygens (including phenoxy) is 3. The van der Waals surface area contributed by atoms with E-state index in [1.54, 1.807) is 14.0 Å². The quantitative estimate of drug-likeness (QED) is 0.125. The van der Waals surface area contributed by atoms with Crippen LogP contribution in [-0.4, -0.2) is 106 Å². The molecule has 0 aromatic heterocycles. The number of esters is 1. The molecular formula is C24H52N3O6+3. The summed E-state index contributed by atoms with van der Waals surface area (Å²) in [6.45, 7) is 19.5. The second kappa shape index (κ2) is 12.1. The van der Waals surface area contributed by atoms with Crippen LogP contribution in [-0.2, 0) is 28.9 Å². The lowest BCUT2D eigenvalue weighted by atomic mass is 10.1. The molecule has 196 valence electrons. The molecule has 0 aromatic rings. The number of rotatable bonds is 14. The van der Waals surface area contributed by atoms with Crippen molar-refractivity contribution in [1.82, 2.24) is 0 Å². The minimum Gasteiger partial charge on any atom is -0.459 e. The monoisotopic (exact) mass is 478 g/mol. The van der Waals surface area contributed by atoms with E-state index in [-0.39, 0.29) is 28.6 Å². The van der Waals surface area contributed by atoms with Crippen molar-refractivity contribution >= 4 is 5.97 Å². The van der Waals surface area contributed by atoms with Crippen LogP contribution < -0.4 is 0 Å². The summed E-state index contributed by atoms with van der Waals surface area (Å²) in [7, 11) is 11.6.